The molecule has 1 aliphatic rings. The number of benzene rings is 8. The van der Waals surface area contributed by atoms with Crippen molar-refractivity contribution in [1.82, 2.24) is 14.5 Å². The van der Waals surface area contributed by atoms with E-state index in [0.29, 0.717) is 5.82 Å². The average molecular weight is 741 g/mol. The zero-order valence-corrected chi connectivity index (χ0v) is 31.6. The molecule has 8 aromatic carbocycles. The Kier molecular flexibility index (Phi) is 8.11. The molecule has 272 valence electrons. The molecule has 4 nitrogen and oxygen atoms in total. The Morgan fingerprint density at radius 2 is 0.862 bits per heavy atom. The van der Waals surface area contributed by atoms with Crippen LogP contribution in [-0.4, -0.2) is 14.5 Å². The average Bonchev–Trinajstić information content (AvgIpc) is 3.59. The molecule has 1 aliphatic heterocycles. The molecule has 2 aromatic heterocycles. The minimum atomic E-state index is 0.687. The molecule has 0 aliphatic carbocycles. The Balaban J connectivity index is 1.09. The molecule has 0 saturated carbocycles. The van der Waals surface area contributed by atoms with E-state index in [1.54, 1.807) is 0 Å². The lowest BCUT2D eigenvalue weighted by Crippen LogP contribution is -2.11. The SMILES string of the molecule is c1ccc(-c2ccc(-c3nc(-c4ccccc4)cc(-c4cccc(N5c6ccccc6-c6c(n(-c7ccccc7)c7ccccc67)-c6ccccc65)c4)n3)cc2)cc1. The Morgan fingerprint density at radius 3 is 1.60 bits per heavy atom. The minimum Gasteiger partial charge on any atom is -0.309 e. The number of aromatic nitrogens is 3. The van der Waals surface area contributed by atoms with E-state index in [4.69, 9.17) is 9.97 Å². The lowest BCUT2D eigenvalue weighted by Gasteiger charge is -2.28. The second kappa shape index (κ2) is 14.0. The Morgan fingerprint density at radius 1 is 0.345 bits per heavy atom. The number of hydrogen-bond acceptors (Lipinski definition) is 3. The summed E-state index contributed by atoms with van der Waals surface area (Å²) in [6.45, 7) is 0. The highest BCUT2D eigenvalue weighted by atomic mass is 15.2. The van der Waals surface area contributed by atoms with E-state index in [0.717, 1.165) is 62.0 Å². The number of anilines is 3. The molecular weight excluding hydrogens is 705 g/mol. The van der Waals surface area contributed by atoms with E-state index < -0.39 is 0 Å². The van der Waals surface area contributed by atoms with Gasteiger partial charge in [0.2, 0.25) is 0 Å². The second-order valence-corrected chi connectivity index (χ2v) is 14.6. The highest BCUT2D eigenvalue weighted by Crippen LogP contribution is 2.54. The first-order valence-corrected chi connectivity index (χ1v) is 19.7. The first kappa shape index (κ1) is 33.5. The van der Waals surface area contributed by atoms with Crippen LogP contribution in [0.15, 0.2) is 218 Å². The van der Waals surface area contributed by atoms with Crippen LogP contribution in [0.3, 0.4) is 0 Å². The summed E-state index contributed by atoms with van der Waals surface area (Å²) < 4.78 is 2.43. The summed E-state index contributed by atoms with van der Waals surface area (Å²) in [6, 6.07) is 77.4. The standard InChI is InChI=1S/C54H36N4/c1-4-17-37(18-5-1)38-31-33-40(34-32-38)54-55-47(39-19-6-2-7-20-39)36-48(56-54)41-21-16-24-43(35-41)57-49-28-13-10-25-44(49)52-45-26-11-14-29-50(45)58(42-22-8-3-9-23-42)53(52)46-27-12-15-30-51(46)57/h1-36H. The van der Waals surface area contributed by atoms with Crippen LogP contribution in [0.25, 0.3) is 84.0 Å². The predicted molar refractivity (Wildman–Crippen MR) is 240 cm³/mol. The van der Waals surface area contributed by atoms with Gasteiger partial charge in [0, 0.05) is 50.1 Å². The monoisotopic (exact) mass is 740 g/mol. The van der Waals surface area contributed by atoms with E-state index in [1.807, 2.05) is 12.1 Å². The van der Waals surface area contributed by atoms with Gasteiger partial charge in [-0.15, -0.1) is 0 Å². The van der Waals surface area contributed by atoms with Crippen LogP contribution < -0.4 is 4.90 Å². The summed E-state index contributed by atoms with van der Waals surface area (Å²) in [7, 11) is 0. The molecule has 0 spiro atoms. The van der Waals surface area contributed by atoms with Crippen LogP contribution in [0.5, 0.6) is 0 Å². The van der Waals surface area contributed by atoms with Gasteiger partial charge in [0.15, 0.2) is 5.82 Å². The minimum absolute atomic E-state index is 0.687. The van der Waals surface area contributed by atoms with Crippen molar-refractivity contribution in [3.63, 3.8) is 0 Å². The molecule has 0 amide bonds. The molecule has 0 unspecified atom stereocenters. The van der Waals surface area contributed by atoms with Crippen LogP contribution in [0.2, 0.25) is 0 Å². The van der Waals surface area contributed by atoms with Crippen LogP contribution in [-0.2, 0) is 0 Å². The van der Waals surface area contributed by atoms with Crippen molar-refractivity contribution in [2.24, 2.45) is 0 Å². The fourth-order valence-electron chi connectivity index (χ4n) is 8.50. The van der Waals surface area contributed by atoms with Crippen molar-refractivity contribution in [3.05, 3.63) is 218 Å². The molecule has 58 heavy (non-hydrogen) atoms. The van der Waals surface area contributed by atoms with Gasteiger partial charge >= 0.3 is 0 Å². The van der Waals surface area contributed by atoms with Gasteiger partial charge in [0.1, 0.15) is 0 Å². The van der Waals surface area contributed by atoms with Gasteiger partial charge in [-0.25, -0.2) is 9.97 Å². The Bertz CT molecular complexity index is 3100. The maximum Gasteiger partial charge on any atom is 0.160 e. The maximum absolute atomic E-state index is 5.27. The number of para-hydroxylation sites is 4. The maximum atomic E-state index is 5.27. The molecule has 3 heterocycles. The smallest absolute Gasteiger partial charge is 0.160 e. The quantitative estimate of drug-likeness (QED) is 0.170. The fraction of sp³-hybridized carbons (Fsp3) is 0. The molecule has 0 radical (unpaired) electrons. The molecule has 0 atom stereocenters. The van der Waals surface area contributed by atoms with Gasteiger partial charge in [-0.1, -0.05) is 170 Å². The lowest BCUT2D eigenvalue weighted by molar-refractivity contribution is 1.13. The van der Waals surface area contributed by atoms with Crippen LogP contribution in [0.4, 0.5) is 17.1 Å². The number of rotatable bonds is 6. The molecule has 10 aromatic rings. The van der Waals surface area contributed by atoms with Crippen molar-refractivity contribution in [2.45, 2.75) is 0 Å². The second-order valence-electron chi connectivity index (χ2n) is 14.6. The molecule has 0 saturated heterocycles. The predicted octanol–water partition coefficient (Wildman–Crippen LogP) is 14.2. The van der Waals surface area contributed by atoms with E-state index in [-0.39, 0.29) is 0 Å². The topological polar surface area (TPSA) is 34.0 Å². The normalized spacial score (nSPS) is 11.8. The highest BCUT2D eigenvalue weighted by molar-refractivity contribution is 6.13. The first-order chi connectivity index (χ1) is 28.8. The van der Waals surface area contributed by atoms with Gasteiger partial charge in [-0.3, -0.25) is 0 Å². The highest BCUT2D eigenvalue weighted by Gasteiger charge is 2.31. The third-order valence-electron chi connectivity index (χ3n) is 11.1. The van der Waals surface area contributed by atoms with Gasteiger partial charge in [-0.05, 0) is 59.7 Å². The summed E-state index contributed by atoms with van der Waals surface area (Å²) >= 11 is 0. The van der Waals surface area contributed by atoms with Gasteiger partial charge < -0.3 is 9.47 Å². The zero-order valence-electron chi connectivity index (χ0n) is 31.6. The van der Waals surface area contributed by atoms with Crippen molar-refractivity contribution in [3.8, 4) is 73.1 Å². The van der Waals surface area contributed by atoms with E-state index in [2.05, 4.69) is 216 Å². The van der Waals surface area contributed by atoms with E-state index in [1.165, 1.54) is 33.3 Å². The number of nitrogens with zero attached hydrogens (tertiary/aromatic N) is 4. The van der Waals surface area contributed by atoms with Gasteiger partial charge in [0.25, 0.3) is 0 Å². The Labute approximate surface area is 337 Å². The molecule has 0 fully saturated rings. The summed E-state index contributed by atoms with van der Waals surface area (Å²) in [6.07, 6.45) is 0. The largest absolute Gasteiger partial charge is 0.309 e. The van der Waals surface area contributed by atoms with Gasteiger partial charge in [0.05, 0.1) is 34.0 Å². The molecule has 11 rings (SSSR count). The summed E-state index contributed by atoms with van der Waals surface area (Å²) in [5.74, 6) is 0.687. The molecule has 0 N–H and O–H groups in total. The van der Waals surface area contributed by atoms with E-state index >= 15 is 0 Å². The van der Waals surface area contributed by atoms with Crippen LogP contribution in [0, 0.1) is 0 Å². The van der Waals surface area contributed by atoms with E-state index in [9.17, 15) is 0 Å². The third-order valence-corrected chi connectivity index (χ3v) is 11.1. The number of hydrogen-bond donors (Lipinski definition) is 0. The Hall–Kier alpha value is -7.82. The summed E-state index contributed by atoms with van der Waals surface area (Å²) in [5, 5.41) is 1.22. The summed E-state index contributed by atoms with van der Waals surface area (Å²) in [5.41, 5.74) is 17.4. The summed E-state index contributed by atoms with van der Waals surface area (Å²) in [4.78, 5) is 12.8. The van der Waals surface area contributed by atoms with Crippen LogP contribution in [0.1, 0.15) is 0 Å². The first-order valence-electron chi connectivity index (χ1n) is 19.7. The van der Waals surface area contributed by atoms with Gasteiger partial charge in [-0.2, -0.15) is 0 Å². The fourth-order valence-corrected chi connectivity index (χ4v) is 8.50. The lowest BCUT2D eigenvalue weighted by atomic mass is 9.98. The molecule has 4 heteroatoms. The van der Waals surface area contributed by atoms with Crippen molar-refractivity contribution >= 4 is 28.0 Å². The molecular formula is C54H36N4. The third kappa shape index (κ3) is 5.70. The molecule has 0 bridgehead atoms. The number of fused-ring (bicyclic) bond motifs is 7. The zero-order chi connectivity index (χ0) is 38.4. The van der Waals surface area contributed by atoms with Crippen molar-refractivity contribution < 1.29 is 0 Å². The van der Waals surface area contributed by atoms with Crippen molar-refractivity contribution in [1.29, 1.82) is 0 Å². The van der Waals surface area contributed by atoms with Crippen LogP contribution >= 0.6 is 0 Å². The van der Waals surface area contributed by atoms with Crippen molar-refractivity contribution in [2.75, 3.05) is 4.90 Å².